The van der Waals surface area contributed by atoms with Crippen LogP contribution in [0.4, 0.5) is 0 Å². The third-order valence-electron chi connectivity index (χ3n) is 4.09. The van der Waals surface area contributed by atoms with Crippen molar-refractivity contribution in [3.05, 3.63) is 0 Å². The van der Waals surface area contributed by atoms with Gasteiger partial charge in [0.25, 0.3) is 0 Å². The van der Waals surface area contributed by atoms with Crippen molar-refractivity contribution in [1.29, 1.82) is 0 Å². The lowest BCUT2D eigenvalue weighted by Crippen LogP contribution is -2.67. The SMILES string of the molecule is OCC1(OC[C@@]2(O)OC[C@@H](O)[C@@H](O)[C@@H]2O)OC[C@@H](O)[C@@H](O)[C@@H]1O. The first-order valence-electron chi connectivity index (χ1n) is 7.00. The molecule has 11 heteroatoms. The fourth-order valence-electron chi connectivity index (χ4n) is 2.44. The van der Waals surface area contributed by atoms with Crippen LogP contribution in [0, 0.1) is 0 Å². The van der Waals surface area contributed by atoms with Crippen LogP contribution >= 0.6 is 0 Å². The van der Waals surface area contributed by atoms with Gasteiger partial charge in [0.15, 0.2) is 0 Å². The van der Waals surface area contributed by atoms with E-state index in [1.165, 1.54) is 0 Å². The van der Waals surface area contributed by atoms with E-state index in [0.29, 0.717) is 0 Å². The van der Waals surface area contributed by atoms with E-state index in [-0.39, 0.29) is 0 Å². The highest BCUT2D eigenvalue weighted by Gasteiger charge is 2.54. The third kappa shape index (κ3) is 3.36. The van der Waals surface area contributed by atoms with Gasteiger partial charge >= 0.3 is 0 Å². The average Bonchev–Trinajstić information content (AvgIpc) is 2.55. The van der Waals surface area contributed by atoms with Gasteiger partial charge in [-0.25, -0.2) is 0 Å². The van der Waals surface area contributed by atoms with Crippen LogP contribution < -0.4 is 0 Å². The maximum absolute atomic E-state index is 10.2. The van der Waals surface area contributed by atoms with Crippen LogP contribution in [-0.2, 0) is 14.2 Å². The van der Waals surface area contributed by atoms with E-state index in [0.717, 1.165) is 0 Å². The summed E-state index contributed by atoms with van der Waals surface area (Å²) in [6.45, 7) is -2.75. The number of aliphatic hydroxyl groups excluding tert-OH is 7. The Morgan fingerprint density at radius 3 is 1.96 bits per heavy atom. The van der Waals surface area contributed by atoms with E-state index in [1.807, 2.05) is 0 Å². The van der Waals surface area contributed by atoms with E-state index in [2.05, 4.69) is 0 Å². The van der Waals surface area contributed by atoms with Crippen LogP contribution in [0.5, 0.6) is 0 Å². The van der Waals surface area contributed by atoms with Crippen LogP contribution in [0.15, 0.2) is 0 Å². The van der Waals surface area contributed by atoms with Crippen molar-refractivity contribution >= 4 is 0 Å². The van der Waals surface area contributed by atoms with Crippen molar-refractivity contribution in [2.24, 2.45) is 0 Å². The highest BCUT2D eigenvalue weighted by atomic mass is 16.7. The van der Waals surface area contributed by atoms with Crippen LogP contribution in [0.3, 0.4) is 0 Å². The van der Waals surface area contributed by atoms with Crippen molar-refractivity contribution in [3.8, 4) is 0 Å². The second-order valence-corrected chi connectivity index (χ2v) is 5.73. The molecular weight excluding hydrogens is 320 g/mol. The molecule has 0 aromatic rings. The predicted octanol–water partition coefficient (Wildman–Crippen LogP) is -5.39. The molecule has 0 aliphatic carbocycles. The number of rotatable bonds is 4. The molecule has 8 atom stereocenters. The fraction of sp³-hybridized carbons (Fsp3) is 1.00. The van der Waals surface area contributed by atoms with Crippen molar-refractivity contribution in [3.63, 3.8) is 0 Å². The van der Waals surface area contributed by atoms with E-state index < -0.39 is 74.6 Å². The van der Waals surface area contributed by atoms with Gasteiger partial charge in [-0.2, -0.15) is 0 Å². The van der Waals surface area contributed by atoms with Crippen LogP contribution in [0.25, 0.3) is 0 Å². The van der Waals surface area contributed by atoms with Gasteiger partial charge in [-0.1, -0.05) is 0 Å². The number of ether oxygens (including phenoxy) is 3. The quantitative estimate of drug-likeness (QED) is 0.243. The molecule has 2 aliphatic heterocycles. The number of hydrogen-bond acceptors (Lipinski definition) is 11. The molecule has 23 heavy (non-hydrogen) atoms. The molecule has 0 spiro atoms. The average molecular weight is 342 g/mol. The molecule has 2 saturated heterocycles. The Labute approximate surface area is 130 Å². The maximum Gasteiger partial charge on any atom is 0.221 e. The predicted molar refractivity (Wildman–Crippen MR) is 68.7 cm³/mol. The lowest BCUT2D eigenvalue weighted by atomic mass is 9.95. The van der Waals surface area contributed by atoms with Crippen LogP contribution in [0.1, 0.15) is 0 Å². The molecule has 1 unspecified atom stereocenters. The molecular formula is C12H22O11. The van der Waals surface area contributed by atoms with Crippen molar-refractivity contribution < 1.29 is 55.1 Å². The summed E-state index contributed by atoms with van der Waals surface area (Å²) in [5.74, 6) is -4.61. The van der Waals surface area contributed by atoms with E-state index >= 15 is 0 Å². The summed E-state index contributed by atoms with van der Waals surface area (Å²) in [5, 5.41) is 77.3. The minimum absolute atomic E-state index is 0.456. The molecule has 0 aromatic heterocycles. The lowest BCUT2D eigenvalue weighted by Gasteiger charge is -2.46. The molecule has 0 aromatic carbocycles. The molecule has 0 amide bonds. The van der Waals surface area contributed by atoms with Crippen LogP contribution in [-0.4, -0.2) is 115 Å². The second-order valence-electron chi connectivity index (χ2n) is 5.73. The van der Waals surface area contributed by atoms with E-state index in [4.69, 9.17) is 14.2 Å². The third-order valence-corrected chi connectivity index (χ3v) is 4.09. The molecule has 2 aliphatic rings. The minimum atomic E-state index is -2.44. The molecule has 0 bridgehead atoms. The van der Waals surface area contributed by atoms with Gasteiger partial charge < -0.3 is 55.1 Å². The zero-order valence-electron chi connectivity index (χ0n) is 12.1. The summed E-state index contributed by atoms with van der Waals surface area (Å²) in [6, 6.07) is 0. The standard InChI is InChI=1S/C12H22O11/c13-3-12(10(19)8(17)6(15)2-22-12)23-4-11(20)9(18)7(16)5(14)1-21-11/h5-10,13-20H,1-4H2/t5-,6-,7-,8-,9+,10+,11-,12?/m1/s1. The van der Waals surface area contributed by atoms with Gasteiger partial charge in [-0.15, -0.1) is 0 Å². The summed E-state index contributed by atoms with van der Waals surface area (Å²) in [7, 11) is 0. The Hall–Kier alpha value is -0.440. The van der Waals surface area contributed by atoms with E-state index in [1.54, 1.807) is 0 Å². The first kappa shape index (κ1) is 18.9. The molecule has 2 heterocycles. The Bertz CT molecular complexity index is 408. The highest BCUT2D eigenvalue weighted by molar-refractivity contribution is 4.95. The molecule has 11 nitrogen and oxygen atoms in total. The summed E-state index contributed by atoms with van der Waals surface area (Å²) in [5.41, 5.74) is 0. The topological polar surface area (TPSA) is 190 Å². The van der Waals surface area contributed by atoms with Gasteiger partial charge in [-0.05, 0) is 0 Å². The summed E-state index contributed by atoms with van der Waals surface area (Å²) in [6.07, 6.45) is -9.97. The zero-order valence-corrected chi connectivity index (χ0v) is 12.1. The smallest absolute Gasteiger partial charge is 0.221 e. The van der Waals surface area contributed by atoms with Crippen molar-refractivity contribution in [2.45, 2.75) is 48.2 Å². The van der Waals surface area contributed by atoms with Gasteiger partial charge in [-0.3, -0.25) is 0 Å². The Morgan fingerprint density at radius 2 is 1.39 bits per heavy atom. The largest absolute Gasteiger partial charge is 0.391 e. The molecule has 2 fully saturated rings. The Morgan fingerprint density at radius 1 is 0.870 bits per heavy atom. The normalized spacial score (nSPS) is 51.7. The molecule has 8 N–H and O–H groups in total. The van der Waals surface area contributed by atoms with Gasteiger partial charge in [0, 0.05) is 0 Å². The molecule has 2 rings (SSSR count). The first-order chi connectivity index (χ1) is 10.7. The highest BCUT2D eigenvalue weighted by Crippen LogP contribution is 2.31. The lowest BCUT2D eigenvalue weighted by molar-refractivity contribution is -0.391. The van der Waals surface area contributed by atoms with Gasteiger partial charge in [0.05, 0.1) is 13.2 Å². The molecule has 0 saturated carbocycles. The Balaban J connectivity index is 2.08. The van der Waals surface area contributed by atoms with Crippen LogP contribution in [0.2, 0.25) is 0 Å². The summed E-state index contributed by atoms with van der Waals surface area (Å²) < 4.78 is 15.0. The Kier molecular flexibility index (Phi) is 5.60. The summed E-state index contributed by atoms with van der Waals surface area (Å²) in [4.78, 5) is 0. The first-order valence-corrected chi connectivity index (χ1v) is 7.00. The van der Waals surface area contributed by atoms with E-state index in [9.17, 15) is 40.9 Å². The molecule has 136 valence electrons. The van der Waals surface area contributed by atoms with Crippen molar-refractivity contribution in [2.75, 3.05) is 26.4 Å². The van der Waals surface area contributed by atoms with Gasteiger partial charge in [0.2, 0.25) is 11.6 Å². The molecule has 0 radical (unpaired) electrons. The second kappa shape index (κ2) is 6.82. The minimum Gasteiger partial charge on any atom is -0.391 e. The fourth-order valence-corrected chi connectivity index (χ4v) is 2.44. The van der Waals surface area contributed by atoms with Gasteiger partial charge in [0.1, 0.15) is 49.8 Å². The van der Waals surface area contributed by atoms with Crippen molar-refractivity contribution in [1.82, 2.24) is 0 Å². The monoisotopic (exact) mass is 342 g/mol. The zero-order chi connectivity index (χ0) is 17.4. The number of hydrogen-bond donors (Lipinski definition) is 8. The maximum atomic E-state index is 10.2. The number of aliphatic hydroxyl groups is 8. The summed E-state index contributed by atoms with van der Waals surface area (Å²) >= 11 is 0.